The van der Waals surface area contributed by atoms with Gasteiger partial charge < -0.3 is 0 Å². The van der Waals surface area contributed by atoms with E-state index < -0.39 is 0 Å². The highest BCUT2D eigenvalue weighted by molar-refractivity contribution is 7.98. The molecule has 0 spiro atoms. The summed E-state index contributed by atoms with van der Waals surface area (Å²) in [5.74, 6) is 0.152. The van der Waals surface area contributed by atoms with Crippen molar-refractivity contribution >= 4 is 17.5 Å². The fourth-order valence-corrected chi connectivity index (χ4v) is 2.77. The van der Waals surface area contributed by atoms with Gasteiger partial charge in [0.1, 0.15) is 0 Å². The van der Waals surface area contributed by atoms with Crippen molar-refractivity contribution in [2.24, 2.45) is 0 Å². The number of thioether (sulfide) groups is 1. The molecule has 0 N–H and O–H groups in total. The van der Waals surface area contributed by atoms with E-state index in [0.29, 0.717) is 6.42 Å². The number of Topliss-reactive ketones (excluding diaryl/α,β-unsaturated/α-hetero) is 1. The molecular weight excluding hydrogens is 256 g/mol. The van der Waals surface area contributed by atoms with Crippen molar-refractivity contribution in [3.63, 3.8) is 0 Å². The monoisotopic (exact) mass is 274 g/mol. The largest absolute Gasteiger partial charge is 0.294 e. The lowest BCUT2D eigenvalue weighted by Crippen LogP contribution is -2.10. The summed E-state index contributed by atoms with van der Waals surface area (Å²) in [7, 11) is 0. The quantitative estimate of drug-likeness (QED) is 0.619. The Balaban J connectivity index is 2.25. The van der Waals surface area contributed by atoms with Gasteiger partial charge in [0.2, 0.25) is 0 Å². The molecule has 2 rings (SSSR count). The van der Waals surface area contributed by atoms with Gasteiger partial charge in [-0.3, -0.25) is 9.48 Å². The Hall–Kier alpha value is -1.55. The summed E-state index contributed by atoms with van der Waals surface area (Å²) >= 11 is 1.61. The highest BCUT2D eigenvalue weighted by atomic mass is 32.2. The van der Waals surface area contributed by atoms with Gasteiger partial charge in [0.25, 0.3) is 0 Å². The SMILES string of the molecule is CCn1nc(C)cc1CC(=O)c1ccccc1SC. The normalized spacial score (nSPS) is 10.7. The van der Waals surface area contributed by atoms with Crippen molar-refractivity contribution in [3.05, 3.63) is 47.3 Å². The van der Waals surface area contributed by atoms with Crippen LogP contribution in [0.15, 0.2) is 35.2 Å². The maximum absolute atomic E-state index is 12.4. The van der Waals surface area contributed by atoms with Crippen LogP contribution in [0.5, 0.6) is 0 Å². The average molecular weight is 274 g/mol. The van der Waals surface area contributed by atoms with Crippen LogP contribution in [0, 0.1) is 6.92 Å². The first kappa shape index (κ1) is 13.9. The first-order valence-corrected chi connectivity index (χ1v) is 7.57. The smallest absolute Gasteiger partial charge is 0.169 e. The molecule has 2 aromatic rings. The van der Waals surface area contributed by atoms with Crippen LogP contribution in [0.1, 0.15) is 28.7 Å². The first-order chi connectivity index (χ1) is 9.15. The Kier molecular flexibility index (Phi) is 4.43. The van der Waals surface area contributed by atoms with Crippen molar-refractivity contribution in [2.45, 2.75) is 31.7 Å². The number of carbonyl (C=O) groups is 1. The summed E-state index contributed by atoms with van der Waals surface area (Å²) in [6, 6.07) is 9.75. The number of aryl methyl sites for hydroxylation is 2. The summed E-state index contributed by atoms with van der Waals surface area (Å²) in [4.78, 5) is 13.5. The zero-order chi connectivity index (χ0) is 13.8. The summed E-state index contributed by atoms with van der Waals surface area (Å²) < 4.78 is 1.90. The Morgan fingerprint density at radius 1 is 1.37 bits per heavy atom. The van der Waals surface area contributed by atoms with E-state index >= 15 is 0 Å². The van der Waals surface area contributed by atoms with Gasteiger partial charge in [0, 0.05) is 22.7 Å². The predicted molar refractivity (Wildman–Crippen MR) is 78.9 cm³/mol. The molecule has 1 aromatic carbocycles. The molecule has 0 aliphatic heterocycles. The summed E-state index contributed by atoms with van der Waals surface area (Å²) in [6.07, 6.45) is 2.40. The molecule has 0 atom stereocenters. The molecule has 0 bridgehead atoms. The fraction of sp³-hybridized carbons (Fsp3) is 0.333. The number of benzene rings is 1. The van der Waals surface area contributed by atoms with Crippen LogP contribution >= 0.6 is 11.8 Å². The fourth-order valence-electron chi connectivity index (χ4n) is 2.15. The van der Waals surface area contributed by atoms with Gasteiger partial charge in [-0.15, -0.1) is 11.8 Å². The van der Waals surface area contributed by atoms with E-state index in [1.165, 1.54) is 0 Å². The minimum absolute atomic E-state index is 0.152. The van der Waals surface area contributed by atoms with Gasteiger partial charge in [0.15, 0.2) is 5.78 Å². The van der Waals surface area contributed by atoms with Crippen LogP contribution in [0.3, 0.4) is 0 Å². The van der Waals surface area contributed by atoms with E-state index in [9.17, 15) is 4.79 Å². The van der Waals surface area contributed by atoms with E-state index in [-0.39, 0.29) is 5.78 Å². The van der Waals surface area contributed by atoms with E-state index in [2.05, 4.69) is 5.10 Å². The maximum atomic E-state index is 12.4. The standard InChI is InChI=1S/C15H18N2OS/c1-4-17-12(9-11(2)16-17)10-14(18)13-7-5-6-8-15(13)19-3/h5-9H,4,10H2,1-3H3. The average Bonchev–Trinajstić information content (AvgIpc) is 2.78. The van der Waals surface area contributed by atoms with E-state index in [4.69, 9.17) is 0 Å². The Morgan fingerprint density at radius 2 is 2.11 bits per heavy atom. The molecule has 19 heavy (non-hydrogen) atoms. The number of carbonyl (C=O) groups excluding carboxylic acids is 1. The first-order valence-electron chi connectivity index (χ1n) is 6.35. The van der Waals surface area contributed by atoms with Crippen molar-refractivity contribution in [1.29, 1.82) is 0 Å². The minimum atomic E-state index is 0.152. The van der Waals surface area contributed by atoms with Crippen molar-refractivity contribution in [1.82, 2.24) is 9.78 Å². The molecular formula is C15H18N2OS. The predicted octanol–water partition coefficient (Wildman–Crippen LogP) is 3.36. The summed E-state index contributed by atoms with van der Waals surface area (Å²) in [6.45, 7) is 4.78. The lowest BCUT2D eigenvalue weighted by molar-refractivity contribution is 0.0987. The van der Waals surface area contributed by atoms with Crippen molar-refractivity contribution in [3.8, 4) is 0 Å². The summed E-state index contributed by atoms with van der Waals surface area (Å²) in [5, 5.41) is 4.38. The van der Waals surface area contributed by atoms with Gasteiger partial charge in [-0.2, -0.15) is 5.10 Å². The van der Waals surface area contributed by atoms with Crippen LogP contribution in [-0.2, 0) is 13.0 Å². The minimum Gasteiger partial charge on any atom is -0.294 e. The third kappa shape index (κ3) is 3.07. The van der Waals surface area contributed by atoms with E-state index in [1.807, 2.05) is 55.1 Å². The second-order valence-electron chi connectivity index (χ2n) is 4.39. The zero-order valence-electron chi connectivity index (χ0n) is 11.5. The van der Waals surface area contributed by atoms with E-state index in [0.717, 1.165) is 28.4 Å². The molecule has 0 saturated heterocycles. The van der Waals surface area contributed by atoms with Gasteiger partial charge in [0.05, 0.1) is 12.1 Å². The molecule has 0 radical (unpaired) electrons. The van der Waals surface area contributed by atoms with Crippen LogP contribution in [0.4, 0.5) is 0 Å². The number of aromatic nitrogens is 2. The van der Waals surface area contributed by atoms with Crippen LogP contribution in [0.2, 0.25) is 0 Å². The zero-order valence-corrected chi connectivity index (χ0v) is 12.3. The van der Waals surface area contributed by atoms with Crippen LogP contribution < -0.4 is 0 Å². The lowest BCUT2D eigenvalue weighted by Gasteiger charge is -2.07. The molecule has 0 aliphatic carbocycles. The molecule has 0 unspecified atom stereocenters. The Bertz CT molecular complexity index is 590. The number of nitrogens with zero attached hydrogens (tertiary/aromatic N) is 2. The maximum Gasteiger partial charge on any atom is 0.169 e. The second-order valence-corrected chi connectivity index (χ2v) is 5.24. The van der Waals surface area contributed by atoms with Gasteiger partial charge in [-0.1, -0.05) is 18.2 Å². The molecule has 1 aromatic heterocycles. The molecule has 3 nitrogen and oxygen atoms in total. The number of hydrogen-bond donors (Lipinski definition) is 0. The van der Waals surface area contributed by atoms with Gasteiger partial charge >= 0.3 is 0 Å². The molecule has 1 heterocycles. The van der Waals surface area contributed by atoms with Crippen LogP contribution in [0.25, 0.3) is 0 Å². The topological polar surface area (TPSA) is 34.9 Å². The Labute approximate surface area is 118 Å². The van der Waals surface area contributed by atoms with Gasteiger partial charge in [-0.05, 0) is 32.2 Å². The molecule has 0 amide bonds. The summed E-state index contributed by atoms with van der Waals surface area (Å²) in [5.41, 5.74) is 2.75. The third-order valence-electron chi connectivity index (χ3n) is 3.03. The van der Waals surface area contributed by atoms with Crippen LogP contribution in [-0.4, -0.2) is 21.8 Å². The van der Waals surface area contributed by atoms with Gasteiger partial charge in [-0.25, -0.2) is 0 Å². The van der Waals surface area contributed by atoms with Crippen molar-refractivity contribution in [2.75, 3.05) is 6.26 Å². The second kappa shape index (κ2) is 6.06. The third-order valence-corrected chi connectivity index (χ3v) is 3.83. The molecule has 100 valence electrons. The number of hydrogen-bond acceptors (Lipinski definition) is 3. The molecule has 0 aliphatic rings. The molecule has 0 saturated carbocycles. The molecule has 4 heteroatoms. The highest BCUT2D eigenvalue weighted by Crippen LogP contribution is 2.21. The van der Waals surface area contributed by atoms with E-state index in [1.54, 1.807) is 11.8 Å². The molecule has 0 fully saturated rings. The lowest BCUT2D eigenvalue weighted by atomic mass is 10.1. The van der Waals surface area contributed by atoms with Crippen molar-refractivity contribution < 1.29 is 4.79 Å². The number of rotatable bonds is 5. The number of ketones is 1. The highest BCUT2D eigenvalue weighted by Gasteiger charge is 2.14. The Morgan fingerprint density at radius 3 is 2.79 bits per heavy atom.